The summed E-state index contributed by atoms with van der Waals surface area (Å²) < 4.78 is 0. The molecule has 3 fully saturated rings. The molecule has 3 aliphatic rings. The molecule has 1 unspecified atom stereocenters. The van der Waals surface area contributed by atoms with Gasteiger partial charge in [0, 0.05) is 32.1 Å². The molecule has 2 amide bonds. The van der Waals surface area contributed by atoms with Gasteiger partial charge < -0.3 is 14.9 Å². The van der Waals surface area contributed by atoms with Crippen LogP contribution in [0.3, 0.4) is 0 Å². The van der Waals surface area contributed by atoms with Gasteiger partial charge in [-0.3, -0.25) is 14.4 Å². The Bertz CT molecular complexity index is 507. The highest BCUT2D eigenvalue weighted by molar-refractivity contribution is 6.04. The molecule has 0 bridgehead atoms. The van der Waals surface area contributed by atoms with Gasteiger partial charge in [-0.25, -0.2) is 0 Å². The Labute approximate surface area is 136 Å². The van der Waals surface area contributed by atoms with E-state index in [1.165, 1.54) is 6.42 Å². The lowest BCUT2D eigenvalue weighted by Gasteiger charge is -2.37. The Morgan fingerprint density at radius 2 is 1.65 bits per heavy atom. The van der Waals surface area contributed by atoms with E-state index in [0.29, 0.717) is 44.7 Å². The third-order valence-corrected chi connectivity index (χ3v) is 5.67. The second kappa shape index (κ2) is 6.13. The molecule has 128 valence electrons. The van der Waals surface area contributed by atoms with Crippen LogP contribution in [0.5, 0.6) is 0 Å². The first-order valence-electron chi connectivity index (χ1n) is 8.75. The predicted molar refractivity (Wildman–Crippen MR) is 83.6 cm³/mol. The fraction of sp³-hybridized carbons (Fsp3) is 0.824. The first-order chi connectivity index (χ1) is 10.9. The summed E-state index contributed by atoms with van der Waals surface area (Å²) in [5.74, 6) is -0.461. The average molecular weight is 322 g/mol. The van der Waals surface area contributed by atoms with Crippen molar-refractivity contribution < 1.29 is 19.5 Å². The number of amides is 2. The number of carboxylic acids is 1. The quantitative estimate of drug-likeness (QED) is 0.796. The van der Waals surface area contributed by atoms with Crippen molar-refractivity contribution in [3.05, 3.63) is 0 Å². The predicted octanol–water partition coefficient (Wildman–Crippen LogP) is 1.35. The van der Waals surface area contributed by atoms with E-state index < -0.39 is 11.4 Å². The lowest BCUT2D eigenvalue weighted by Crippen LogP contribution is -2.49. The molecule has 0 aromatic rings. The molecule has 1 aliphatic carbocycles. The molecule has 23 heavy (non-hydrogen) atoms. The number of piperidine rings is 2. The van der Waals surface area contributed by atoms with Crippen molar-refractivity contribution in [3.8, 4) is 0 Å². The molecule has 2 heterocycles. The highest BCUT2D eigenvalue weighted by atomic mass is 16.4. The van der Waals surface area contributed by atoms with Crippen molar-refractivity contribution in [3.63, 3.8) is 0 Å². The van der Waals surface area contributed by atoms with Crippen LogP contribution in [0.4, 0.5) is 0 Å². The fourth-order valence-electron chi connectivity index (χ4n) is 3.92. The molecule has 2 saturated heterocycles. The highest BCUT2D eigenvalue weighted by Gasteiger charge is 2.58. The number of likely N-dealkylation sites (tertiary alicyclic amines) is 2. The van der Waals surface area contributed by atoms with E-state index in [9.17, 15) is 19.5 Å². The first kappa shape index (κ1) is 16.3. The summed E-state index contributed by atoms with van der Waals surface area (Å²) in [6.45, 7) is 4.90. The second-order valence-electron chi connectivity index (χ2n) is 7.49. The Morgan fingerprint density at radius 1 is 1.00 bits per heavy atom. The summed E-state index contributed by atoms with van der Waals surface area (Å²) in [6.07, 6.45) is 4.48. The van der Waals surface area contributed by atoms with E-state index in [1.807, 2.05) is 4.90 Å². The maximum atomic E-state index is 12.6. The molecule has 6 nitrogen and oxygen atoms in total. The van der Waals surface area contributed by atoms with Crippen LogP contribution < -0.4 is 0 Å². The Hall–Kier alpha value is -1.59. The summed E-state index contributed by atoms with van der Waals surface area (Å²) >= 11 is 0. The molecule has 0 spiro atoms. The molecule has 1 atom stereocenters. The van der Waals surface area contributed by atoms with Crippen LogP contribution in [-0.4, -0.2) is 58.9 Å². The monoisotopic (exact) mass is 322 g/mol. The van der Waals surface area contributed by atoms with E-state index in [4.69, 9.17) is 0 Å². The Kier molecular flexibility index (Phi) is 4.34. The normalized spacial score (nSPS) is 27.6. The van der Waals surface area contributed by atoms with Crippen LogP contribution in [-0.2, 0) is 14.4 Å². The first-order valence-corrected chi connectivity index (χ1v) is 8.75. The maximum absolute atomic E-state index is 12.6. The topological polar surface area (TPSA) is 77.9 Å². The Balaban J connectivity index is 1.53. The number of carboxylic acid groups (broad SMARTS) is 1. The molecule has 0 aromatic heterocycles. The zero-order valence-electron chi connectivity index (χ0n) is 13.8. The number of rotatable bonds is 3. The number of hydrogen-bond donors (Lipinski definition) is 1. The number of hydrogen-bond acceptors (Lipinski definition) is 3. The lowest BCUT2D eigenvalue weighted by atomic mass is 9.92. The Morgan fingerprint density at radius 3 is 2.17 bits per heavy atom. The van der Waals surface area contributed by atoms with Gasteiger partial charge in [0.1, 0.15) is 5.41 Å². The smallest absolute Gasteiger partial charge is 0.319 e. The van der Waals surface area contributed by atoms with Gasteiger partial charge in [0.05, 0.1) is 0 Å². The number of carbonyl (C=O) groups is 3. The molecule has 6 heteroatoms. The van der Waals surface area contributed by atoms with Crippen LogP contribution in [0.1, 0.15) is 45.4 Å². The molecule has 1 saturated carbocycles. The zero-order valence-corrected chi connectivity index (χ0v) is 13.8. The molecule has 2 aliphatic heterocycles. The molecule has 0 aromatic carbocycles. The molecule has 1 N–H and O–H groups in total. The third-order valence-electron chi connectivity index (χ3n) is 5.67. The summed E-state index contributed by atoms with van der Waals surface area (Å²) in [6, 6.07) is 0. The summed E-state index contributed by atoms with van der Waals surface area (Å²) in [5, 5.41) is 9.23. The van der Waals surface area contributed by atoms with E-state index in [2.05, 4.69) is 6.92 Å². The molecular weight excluding hydrogens is 296 g/mol. The van der Waals surface area contributed by atoms with E-state index >= 15 is 0 Å². The van der Waals surface area contributed by atoms with E-state index in [-0.39, 0.29) is 17.7 Å². The van der Waals surface area contributed by atoms with Gasteiger partial charge in [-0.2, -0.15) is 0 Å². The summed E-state index contributed by atoms with van der Waals surface area (Å²) in [4.78, 5) is 39.9. The summed E-state index contributed by atoms with van der Waals surface area (Å²) in [7, 11) is 0. The van der Waals surface area contributed by atoms with Gasteiger partial charge in [-0.15, -0.1) is 0 Å². The minimum absolute atomic E-state index is 0.00988. The lowest BCUT2D eigenvalue weighted by molar-refractivity contribution is -0.155. The average Bonchev–Trinajstić information content (AvgIpc) is 3.35. The van der Waals surface area contributed by atoms with E-state index in [1.54, 1.807) is 4.90 Å². The van der Waals surface area contributed by atoms with Crippen LogP contribution in [0.15, 0.2) is 0 Å². The standard InChI is InChI=1S/C17H26N2O4/c1-12-3-2-8-19(11-12)14(20)13-4-9-18(10-5-13)15(21)17(6-7-17)16(22)23/h12-13H,2-11H2,1H3,(H,22,23). The molecular formula is C17H26N2O4. The van der Waals surface area contributed by atoms with Crippen LogP contribution in [0.2, 0.25) is 0 Å². The van der Waals surface area contributed by atoms with Gasteiger partial charge in [0.15, 0.2) is 0 Å². The molecule has 3 rings (SSSR count). The van der Waals surface area contributed by atoms with Gasteiger partial charge in [-0.05, 0) is 44.4 Å². The minimum Gasteiger partial charge on any atom is -0.480 e. The fourth-order valence-corrected chi connectivity index (χ4v) is 3.92. The van der Waals surface area contributed by atoms with Crippen molar-refractivity contribution in [2.75, 3.05) is 26.2 Å². The SMILES string of the molecule is CC1CCCN(C(=O)C2CCN(C(=O)C3(C(=O)O)CC3)CC2)C1. The maximum Gasteiger partial charge on any atom is 0.319 e. The van der Waals surface area contributed by atoms with Gasteiger partial charge in [0.2, 0.25) is 11.8 Å². The van der Waals surface area contributed by atoms with Crippen molar-refractivity contribution >= 4 is 17.8 Å². The van der Waals surface area contributed by atoms with Gasteiger partial charge >= 0.3 is 5.97 Å². The second-order valence-corrected chi connectivity index (χ2v) is 7.49. The number of carbonyl (C=O) groups excluding carboxylic acids is 2. The highest BCUT2D eigenvalue weighted by Crippen LogP contribution is 2.48. The molecule has 0 radical (unpaired) electrons. The summed E-state index contributed by atoms with van der Waals surface area (Å²) in [5.41, 5.74) is -1.15. The van der Waals surface area contributed by atoms with Crippen LogP contribution in [0.25, 0.3) is 0 Å². The van der Waals surface area contributed by atoms with Crippen molar-refractivity contribution in [2.45, 2.75) is 45.4 Å². The zero-order chi connectivity index (χ0) is 16.6. The number of nitrogens with zero attached hydrogens (tertiary/aromatic N) is 2. The van der Waals surface area contributed by atoms with E-state index in [0.717, 1.165) is 19.5 Å². The van der Waals surface area contributed by atoms with Crippen molar-refractivity contribution in [2.24, 2.45) is 17.3 Å². The van der Waals surface area contributed by atoms with Crippen molar-refractivity contribution in [1.29, 1.82) is 0 Å². The largest absolute Gasteiger partial charge is 0.480 e. The van der Waals surface area contributed by atoms with Gasteiger partial charge in [-0.1, -0.05) is 6.92 Å². The van der Waals surface area contributed by atoms with Crippen LogP contribution in [0, 0.1) is 17.3 Å². The minimum atomic E-state index is -1.15. The third kappa shape index (κ3) is 3.08. The van der Waals surface area contributed by atoms with Crippen molar-refractivity contribution in [1.82, 2.24) is 9.80 Å². The van der Waals surface area contributed by atoms with Crippen LogP contribution >= 0.6 is 0 Å². The van der Waals surface area contributed by atoms with Gasteiger partial charge in [0.25, 0.3) is 0 Å². The number of aliphatic carboxylic acids is 1.